The lowest BCUT2D eigenvalue weighted by atomic mass is 10.0. The van der Waals surface area contributed by atoms with E-state index in [0.717, 1.165) is 16.7 Å². The topological polar surface area (TPSA) is 38.3 Å². The Balaban J connectivity index is 2.44. The molecule has 1 aromatic rings. The summed E-state index contributed by atoms with van der Waals surface area (Å²) in [6.45, 7) is 5.46. The average Bonchev–Trinajstić information content (AvgIpc) is 2.32. The number of ether oxygens (including phenoxy) is 1. The molecule has 1 amide bonds. The van der Waals surface area contributed by atoms with Crippen molar-refractivity contribution in [2.75, 3.05) is 25.6 Å². The van der Waals surface area contributed by atoms with Crippen LogP contribution in [0.3, 0.4) is 0 Å². The molecule has 1 N–H and O–H groups in total. The van der Waals surface area contributed by atoms with Gasteiger partial charge in [0.1, 0.15) is 0 Å². The summed E-state index contributed by atoms with van der Waals surface area (Å²) in [4.78, 5) is 11.9. The second-order valence-corrected chi connectivity index (χ2v) is 4.18. The normalized spacial score (nSPS) is 10.3. The molecule has 0 bridgehead atoms. The Kier molecular flexibility index (Phi) is 6.01. The molecule has 0 atom stereocenters. The molecule has 0 spiro atoms. The van der Waals surface area contributed by atoms with Crippen LogP contribution < -0.4 is 5.32 Å². The van der Waals surface area contributed by atoms with E-state index in [4.69, 9.17) is 16.3 Å². The quantitative estimate of drug-likeness (QED) is 0.626. The Bertz CT molecular complexity index is 380. The van der Waals surface area contributed by atoms with Crippen LogP contribution in [0.4, 0.5) is 0 Å². The first-order chi connectivity index (χ1) is 8.16. The number of nitrogens with one attached hydrogen (secondary N) is 1. The van der Waals surface area contributed by atoms with E-state index in [2.05, 4.69) is 5.32 Å². The van der Waals surface area contributed by atoms with Gasteiger partial charge in [0.15, 0.2) is 0 Å². The third-order valence-electron chi connectivity index (χ3n) is 2.60. The van der Waals surface area contributed by atoms with Crippen LogP contribution in [0.25, 0.3) is 0 Å². The van der Waals surface area contributed by atoms with Gasteiger partial charge in [0.25, 0.3) is 5.91 Å². The van der Waals surface area contributed by atoms with E-state index >= 15 is 0 Å². The van der Waals surface area contributed by atoms with Gasteiger partial charge in [-0.15, -0.1) is 11.6 Å². The molecule has 4 heteroatoms. The van der Waals surface area contributed by atoms with E-state index in [0.29, 0.717) is 25.6 Å². The smallest absolute Gasteiger partial charge is 0.251 e. The highest BCUT2D eigenvalue weighted by Gasteiger charge is 2.08. The number of rotatable bonds is 6. The zero-order chi connectivity index (χ0) is 12.7. The highest BCUT2D eigenvalue weighted by Crippen LogP contribution is 2.12. The van der Waals surface area contributed by atoms with Gasteiger partial charge in [-0.3, -0.25) is 4.79 Å². The van der Waals surface area contributed by atoms with E-state index in [1.165, 1.54) is 0 Å². The van der Waals surface area contributed by atoms with Crippen molar-refractivity contribution in [2.45, 2.75) is 13.8 Å². The molecular formula is C13H18ClNO2. The van der Waals surface area contributed by atoms with E-state index < -0.39 is 0 Å². The number of hydrogen-bond acceptors (Lipinski definition) is 2. The largest absolute Gasteiger partial charge is 0.378 e. The highest BCUT2D eigenvalue weighted by molar-refractivity contribution is 6.17. The molecule has 0 aliphatic heterocycles. The molecule has 0 radical (unpaired) electrons. The molecule has 0 unspecified atom stereocenters. The molecule has 3 nitrogen and oxygen atoms in total. The van der Waals surface area contributed by atoms with Crippen molar-refractivity contribution in [1.82, 2.24) is 5.32 Å². The minimum Gasteiger partial charge on any atom is -0.378 e. The van der Waals surface area contributed by atoms with Crippen molar-refractivity contribution in [2.24, 2.45) is 0 Å². The Morgan fingerprint density at radius 2 is 2.12 bits per heavy atom. The summed E-state index contributed by atoms with van der Waals surface area (Å²) in [6.07, 6.45) is 0. The molecule has 0 saturated heterocycles. The van der Waals surface area contributed by atoms with Crippen LogP contribution in [-0.4, -0.2) is 31.5 Å². The third kappa shape index (κ3) is 4.36. The summed E-state index contributed by atoms with van der Waals surface area (Å²) in [5.74, 6) is 0.422. The number of amides is 1. The lowest BCUT2D eigenvalue weighted by Crippen LogP contribution is -2.28. The average molecular weight is 256 g/mol. The molecular weight excluding hydrogens is 238 g/mol. The lowest BCUT2D eigenvalue weighted by molar-refractivity contribution is 0.0923. The van der Waals surface area contributed by atoms with E-state index in [9.17, 15) is 4.79 Å². The van der Waals surface area contributed by atoms with Gasteiger partial charge in [-0.05, 0) is 31.0 Å². The standard InChI is InChI=1S/C13H18ClNO2/c1-10-4-3-5-12(11(10)2)13(16)15-7-9-17-8-6-14/h3-5H,6-9H2,1-2H3,(H,15,16). The van der Waals surface area contributed by atoms with Gasteiger partial charge in [0, 0.05) is 18.0 Å². The maximum atomic E-state index is 11.9. The number of carbonyl (C=O) groups is 1. The number of halogens is 1. The van der Waals surface area contributed by atoms with E-state index in [1.54, 1.807) is 0 Å². The van der Waals surface area contributed by atoms with Crippen molar-refractivity contribution in [3.8, 4) is 0 Å². The molecule has 1 rings (SSSR count). The summed E-state index contributed by atoms with van der Waals surface area (Å²) in [6, 6.07) is 5.72. The van der Waals surface area contributed by atoms with E-state index in [1.807, 2.05) is 32.0 Å². The summed E-state index contributed by atoms with van der Waals surface area (Å²) in [7, 11) is 0. The van der Waals surface area contributed by atoms with Gasteiger partial charge in [-0.1, -0.05) is 12.1 Å². The summed E-state index contributed by atoms with van der Waals surface area (Å²) in [5.41, 5.74) is 2.87. The molecule has 0 aliphatic rings. The molecule has 0 fully saturated rings. The molecule has 1 aromatic carbocycles. The van der Waals surface area contributed by atoms with Crippen molar-refractivity contribution in [3.63, 3.8) is 0 Å². The number of alkyl halides is 1. The van der Waals surface area contributed by atoms with Gasteiger partial charge >= 0.3 is 0 Å². The van der Waals surface area contributed by atoms with Gasteiger partial charge in [-0.25, -0.2) is 0 Å². The minimum atomic E-state index is -0.0549. The number of benzene rings is 1. The second-order valence-electron chi connectivity index (χ2n) is 3.80. The fraction of sp³-hybridized carbons (Fsp3) is 0.462. The maximum Gasteiger partial charge on any atom is 0.251 e. The fourth-order valence-electron chi connectivity index (χ4n) is 1.49. The van der Waals surface area contributed by atoms with Crippen LogP contribution in [0, 0.1) is 13.8 Å². The summed E-state index contributed by atoms with van der Waals surface area (Å²) in [5, 5.41) is 2.82. The van der Waals surface area contributed by atoms with Gasteiger partial charge in [0.2, 0.25) is 0 Å². The minimum absolute atomic E-state index is 0.0549. The number of hydrogen-bond donors (Lipinski definition) is 1. The van der Waals surface area contributed by atoms with Crippen LogP contribution in [-0.2, 0) is 4.74 Å². The van der Waals surface area contributed by atoms with Crippen molar-refractivity contribution >= 4 is 17.5 Å². The van der Waals surface area contributed by atoms with Gasteiger partial charge in [0.05, 0.1) is 13.2 Å². The molecule has 17 heavy (non-hydrogen) atoms. The van der Waals surface area contributed by atoms with Crippen LogP contribution in [0.2, 0.25) is 0 Å². The Hall–Kier alpha value is -1.06. The molecule has 94 valence electrons. The zero-order valence-electron chi connectivity index (χ0n) is 10.3. The number of carbonyl (C=O) groups excluding carboxylic acids is 1. The second kappa shape index (κ2) is 7.30. The highest BCUT2D eigenvalue weighted by atomic mass is 35.5. The van der Waals surface area contributed by atoms with Crippen LogP contribution in [0.5, 0.6) is 0 Å². The van der Waals surface area contributed by atoms with Gasteiger partial charge in [-0.2, -0.15) is 0 Å². The first-order valence-electron chi connectivity index (χ1n) is 5.65. The third-order valence-corrected chi connectivity index (χ3v) is 2.76. The fourth-order valence-corrected chi connectivity index (χ4v) is 1.59. The van der Waals surface area contributed by atoms with Crippen LogP contribution in [0.1, 0.15) is 21.5 Å². The first-order valence-corrected chi connectivity index (χ1v) is 6.18. The predicted octanol–water partition coefficient (Wildman–Crippen LogP) is 2.29. The van der Waals surface area contributed by atoms with Gasteiger partial charge < -0.3 is 10.1 Å². The van der Waals surface area contributed by atoms with Crippen LogP contribution >= 0.6 is 11.6 Å². The first kappa shape index (κ1) is 14.0. The van der Waals surface area contributed by atoms with Crippen molar-refractivity contribution in [3.05, 3.63) is 34.9 Å². The maximum absolute atomic E-state index is 11.9. The van der Waals surface area contributed by atoms with Crippen LogP contribution in [0.15, 0.2) is 18.2 Å². The Labute approximate surface area is 107 Å². The lowest BCUT2D eigenvalue weighted by Gasteiger charge is -2.09. The van der Waals surface area contributed by atoms with Crippen molar-refractivity contribution < 1.29 is 9.53 Å². The monoisotopic (exact) mass is 255 g/mol. The summed E-state index contributed by atoms with van der Waals surface area (Å²) < 4.78 is 5.18. The molecule has 0 saturated carbocycles. The molecule has 0 aromatic heterocycles. The molecule has 0 heterocycles. The Morgan fingerprint density at radius 3 is 2.82 bits per heavy atom. The molecule has 0 aliphatic carbocycles. The van der Waals surface area contributed by atoms with Crippen molar-refractivity contribution in [1.29, 1.82) is 0 Å². The zero-order valence-corrected chi connectivity index (χ0v) is 11.0. The van der Waals surface area contributed by atoms with E-state index in [-0.39, 0.29) is 5.91 Å². The predicted molar refractivity (Wildman–Crippen MR) is 69.8 cm³/mol. The SMILES string of the molecule is Cc1cccc(C(=O)NCCOCCCl)c1C. The Morgan fingerprint density at radius 1 is 1.35 bits per heavy atom. The summed E-state index contributed by atoms with van der Waals surface area (Å²) >= 11 is 5.46. The number of aryl methyl sites for hydroxylation is 1.